The van der Waals surface area contributed by atoms with Crippen LogP contribution in [0.5, 0.6) is 0 Å². The largest absolute Gasteiger partial charge is 0.387 e. The van der Waals surface area contributed by atoms with E-state index in [4.69, 9.17) is 23.2 Å². The third kappa shape index (κ3) is 2.14. The molecule has 0 spiro atoms. The van der Waals surface area contributed by atoms with E-state index in [2.05, 4.69) is 6.92 Å². The number of thioether (sulfide) groups is 1. The molecule has 1 heterocycles. The fourth-order valence-electron chi connectivity index (χ4n) is 1.86. The molecule has 1 aromatic carbocycles. The van der Waals surface area contributed by atoms with Crippen LogP contribution >= 0.6 is 35.0 Å². The van der Waals surface area contributed by atoms with Gasteiger partial charge in [0.15, 0.2) is 0 Å². The van der Waals surface area contributed by atoms with Crippen molar-refractivity contribution in [3.8, 4) is 0 Å². The molecule has 0 aliphatic carbocycles. The van der Waals surface area contributed by atoms with Crippen LogP contribution in [0.2, 0.25) is 10.0 Å². The molecule has 0 bridgehead atoms. The third-order valence-electron chi connectivity index (χ3n) is 2.71. The lowest BCUT2D eigenvalue weighted by Gasteiger charge is -2.29. The molecule has 0 fully saturated rings. The van der Waals surface area contributed by atoms with Gasteiger partial charge in [0.25, 0.3) is 0 Å². The van der Waals surface area contributed by atoms with Crippen molar-refractivity contribution in [2.75, 3.05) is 0 Å². The number of rotatable bonds is 1. The highest BCUT2D eigenvalue weighted by molar-refractivity contribution is 7.99. The Hall–Kier alpha value is 0.110. The lowest BCUT2D eigenvalue weighted by atomic mass is 9.99. The Morgan fingerprint density at radius 2 is 2.20 bits per heavy atom. The highest BCUT2D eigenvalue weighted by Gasteiger charge is 2.28. The summed E-state index contributed by atoms with van der Waals surface area (Å²) < 4.78 is 0. The van der Waals surface area contributed by atoms with E-state index in [0.29, 0.717) is 10.0 Å². The lowest BCUT2D eigenvalue weighted by molar-refractivity contribution is 0.170. The molecule has 15 heavy (non-hydrogen) atoms. The molecule has 1 aromatic rings. The fraction of sp³-hybridized carbons (Fsp3) is 0.455. The van der Waals surface area contributed by atoms with E-state index in [0.717, 1.165) is 23.3 Å². The van der Waals surface area contributed by atoms with E-state index in [9.17, 15) is 5.11 Å². The first-order chi connectivity index (χ1) is 7.13. The summed E-state index contributed by atoms with van der Waals surface area (Å²) in [7, 11) is 0. The van der Waals surface area contributed by atoms with Gasteiger partial charge in [-0.3, -0.25) is 0 Å². The van der Waals surface area contributed by atoms with Crippen LogP contribution in [0.25, 0.3) is 0 Å². The molecule has 0 radical (unpaired) electrons. The normalized spacial score (nSPS) is 25.1. The monoisotopic (exact) mass is 262 g/mol. The topological polar surface area (TPSA) is 20.2 Å². The molecule has 0 saturated carbocycles. The molecule has 0 amide bonds. The molecule has 2 atom stereocenters. The van der Waals surface area contributed by atoms with Crippen molar-refractivity contribution >= 4 is 35.0 Å². The molecule has 0 saturated heterocycles. The van der Waals surface area contributed by atoms with Crippen molar-refractivity contribution in [3.63, 3.8) is 0 Å². The number of hydrogen-bond acceptors (Lipinski definition) is 2. The first kappa shape index (κ1) is 11.6. The Bertz CT molecular complexity index is 381. The fourth-order valence-corrected chi connectivity index (χ4v) is 3.79. The SMILES string of the molecule is CCC1SCc2c(Cl)cc(Cl)cc2C1O. The molecule has 4 heteroatoms. The van der Waals surface area contributed by atoms with E-state index in [1.165, 1.54) is 0 Å². The summed E-state index contributed by atoms with van der Waals surface area (Å²) in [5, 5.41) is 11.7. The molecular formula is C11H12Cl2OS. The third-order valence-corrected chi connectivity index (χ3v) is 4.74. The summed E-state index contributed by atoms with van der Waals surface area (Å²) in [6.07, 6.45) is 0.509. The van der Waals surface area contributed by atoms with Crippen molar-refractivity contribution in [3.05, 3.63) is 33.3 Å². The van der Waals surface area contributed by atoms with Gasteiger partial charge in [-0.05, 0) is 29.7 Å². The van der Waals surface area contributed by atoms with Gasteiger partial charge in [0.05, 0.1) is 6.10 Å². The highest BCUT2D eigenvalue weighted by Crippen LogP contribution is 2.42. The predicted molar refractivity (Wildman–Crippen MR) is 66.8 cm³/mol. The van der Waals surface area contributed by atoms with E-state index in [-0.39, 0.29) is 5.25 Å². The first-order valence-electron chi connectivity index (χ1n) is 4.91. The average molecular weight is 263 g/mol. The van der Waals surface area contributed by atoms with Crippen LogP contribution in [-0.4, -0.2) is 10.4 Å². The zero-order valence-electron chi connectivity index (χ0n) is 8.34. The van der Waals surface area contributed by atoms with Gasteiger partial charge in [0.1, 0.15) is 0 Å². The smallest absolute Gasteiger partial charge is 0.0912 e. The maximum Gasteiger partial charge on any atom is 0.0912 e. The van der Waals surface area contributed by atoms with Crippen molar-refractivity contribution in [1.29, 1.82) is 0 Å². The summed E-state index contributed by atoms with van der Waals surface area (Å²) in [5.41, 5.74) is 1.93. The number of hydrogen-bond donors (Lipinski definition) is 1. The summed E-state index contributed by atoms with van der Waals surface area (Å²) in [6.45, 7) is 2.08. The molecule has 1 N–H and O–H groups in total. The zero-order chi connectivity index (χ0) is 11.0. The molecule has 82 valence electrons. The van der Waals surface area contributed by atoms with E-state index in [1.54, 1.807) is 17.8 Å². The second-order valence-corrected chi connectivity index (χ2v) is 5.73. The Morgan fingerprint density at radius 3 is 2.87 bits per heavy atom. The van der Waals surface area contributed by atoms with Crippen LogP contribution in [0.1, 0.15) is 30.6 Å². The van der Waals surface area contributed by atoms with Crippen molar-refractivity contribution < 1.29 is 5.11 Å². The Morgan fingerprint density at radius 1 is 1.47 bits per heavy atom. The molecule has 0 aromatic heterocycles. The van der Waals surface area contributed by atoms with E-state index in [1.807, 2.05) is 6.07 Å². The lowest BCUT2D eigenvalue weighted by Crippen LogP contribution is -2.20. The number of halogens is 2. The Labute approximate surface area is 104 Å². The standard InChI is InChI=1S/C11H12Cl2OS/c1-2-10-11(14)7-3-6(12)4-9(13)8(7)5-15-10/h3-4,10-11,14H,2,5H2,1H3. The minimum Gasteiger partial charge on any atom is -0.387 e. The molecule has 1 nitrogen and oxygen atoms in total. The molecule has 2 unspecified atom stereocenters. The van der Waals surface area contributed by atoms with Crippen LogP contribution in [0.3, 0.4) is 0 Å². The first-order valence-corrected chi connectivity index (χ1v) is 6.71. The summed E-state index contributed by atoms with van der Waals surface area (Å²) in [6, 6.07) is 3.57. The van der Waals surface area contributed by atoms with Gasteiger partial charge in [-0.25, -0.2) is 0 Å². The van der Waals surface area contributed by atoms with Gasteiger partial charge in [-0.15, -0.1) is 0 Å². The van der Waals surface area contributed by atoms with E-state index >= 15 is 0 Å². The maximum absolute atomic E-state index is 10.1. The van der Waals surface area contributed by atoms with Crippen LogP contribution in [-0.2, 0) is 5.75 Å². The molecule has 1 aliphatic rings. The van der Waals surface area contributed by atoms with Crippen molar-refractivity contribution in [2.45, 2.75) is 30.5 Å². The molecule has 2 rings (SSSR count). The van der Waals surface area contributed by atoms with Crippen LogP contribution in [0.4, 0.5) is 0 Å². The number of aliphatic hydroxyl groups is 1. The minimum absolute atomic E-state index is 0.257. The second kappa shape index (κ2) is 4.54. The van der Waals surface area contributed by atoms with Crippen LogP contribution < -0.4 is 0 Å². The molecule has 1 aliphatic heterocycles. The van der Waals surface area contributed by atoms with E-state index < -0.39 is 6.10 Å². The van der Waals surface area contributed by atoms with Crippen LogP contribution in [0.15, 0.2) is 12.1 Å². The van der Waals surface area contributed by atoms with Crippen molar-refractivity contribution in [2.24, 2.45) is 0 Å². The number of benzene rings is 1. The zero-order valence-corrected chi connectivity index (χ0v) is 10.7. The average Bonchev–Trinajstić information content (AvgIpc) is 2.19. The van der Waals surface area contributed by atoms with Gasteiger partial charge in [0, 0.05) is 21.0 Å². The number of aliphatic hydroxyl groups excluding tert-OH is 1. The van der Waals surface area contributed by atoms with Crippen molar-refractivity contribution in [1.82, 2.24) is 0 Å². The predicted octanol–water partition coefficient (Wildman–Crippen LogP) is 4.05. The quantitative estimate of drug-likeness (QED) is 0.824. The minimum atomic E-state index is -0.444. The highest BCUT2D eigenvalue weighted by atomic mass is 35.5. The summed E-state index contributed by atoms with van der Waals surface area (Å²) in [5.74, 6) is 0.862. The maximum atomic E-state index is 10.1. The second-order valence-electron chi connectivity index (χ2n) is 3.66. The summed E-state index contributed by atoms with van der Waals surface area (Å²) in [4.78, 5) is 0. The molecular weight excluding hydrogens is 251 g/mol. The van der Waals surface area contributed by atoms with Gasteiger partial charge >= 0.3 is 0 Å². The van der Waals surface area contributed by atoms with Gasteiger partial charge in [0.2, 0.25) is 0 Å². The number of fused-ring (bicyclic) bond motifs is 1. The van der Waals surface area contributed by atoms with Gasteiger partial charge in [-0.1, -0.05) is 30.1 Å². The van der Waals surface area contributed by atoms with Crippen LogP contribution in [0, 0.1) is 0 Å². The Balaban J connectivity index is 2.46. The van der Waals surface area contributed by atoms with Gasteiger partial charge < -0.3 is 5.11 Å². The van der Waals surface area contributed by atoms with Gasteiger partial charge in [-0.2, -0.15) is 11.8 Å². The Kier molecular flexibility index (Phi) is 3.51. The summed E-state index contributed by atoms with van der Waals surface area (Å²) >= 11 is 13.8.